The smallest absolute Gasteiger partial charge is 0.311 e. The first-order valence-electron chi connectivity index (χ1n) is 6.82. The molecule has 1 aromatic rings. The van der Waals surface area contributed by atoms with E-state index >= 15 is 0 Å². The highest BCUT2D eigenvalue weighted by Crippen LogP contribution is 2.32. The highest BCUT2D eigenvalue weighted by Gasteiger charge is 2.41. The van der Waals surface area contributed by atoms with Crippen LogP contribution in [0.15, 0.2) is 0 Å². The summed E-state index contributed by atoms with van der Waals surface area (Å²) in [7, 11) is 0. The van der Waals surface area contributed by atoms with Crippen LogP contribution in [0.1, 0.15) is 32.0 Å². The van der Waals surface area contributed by atoms with Crippen LogP contribution in [0.25, 0.3) is 0 Å². The number of carbonyl (C=O) groups is 1. The minimum atomic E-state index is -0.854. The highest BCUT2D eigenvalue weighted by atomic mass is 16.5. The Hall–Kier alpha value is -1.54. The number of hydrogen-bond acceptors (Lipinski definition) is 6. The van der Waals surface area contributed by atoms with Gasteiger partial charge in [0.15, 0.2) is 5.82 Å². The van der Waals surface area contributed by atoms with Gasteiger partial charge in [-0.2, -0.15) is 0 Å². The largest absolute Gasteiger partial charge is 0.481 e. The molecule has 0 saturated carbocycles. The Balaban J connectivity index is 2.07. The second-order valence-electron chi connectivity index (χ2n) is 5.00. The molecule has 0 aliphatic carbocycles. The zero-order chi connectivity index (χ0) is 14.4. The molecule has 0 spiro atoms. The van der Waals surface area contributed by atoms with Gasteiger partial charge in [-0.15, -0.1) is 5.10 Å². The molecule has 0 aromatic carbocycles. The number of hydrogen-bond donors (Lipinski definition) is 1. The van der Waals surface area contributed by atoms with Crippen molar-refractivity contribution in [3.63, 3.8) is 0 Å². The van der Waals surface area contributed by atoms with Gasteiger partial charge in [0, 0.05) is 19.8 Å². The molecule has 2 rings (SSSR count). The Kier molecular flexibility index (Phi) is 5.02. The van der Waals surface area contributed by atoms with E-state index in [4.69, 9.17) is 9.47 Å². The van der Waals surface area contributed by atoms with Crippen molar-refractivity contribution in [2.75, 3.05) is 19.8 Å². The summed E-state index contributed by atoms with van der Waals surface area (Å²) in [5, 5.41) is 20.9. The average Bonchev–Trinajstić information content (AvgIpc) is 2.87. The second-order valence-corrected chi connectivity index (χ2v) is 5.00. The molecule has 112 valence electrons. The van der Waals surface area contributed by atoms with Gasteiger partial charge in [-0.05, 0) is 29.7 Å². The fourth-order valence-corrected chi connectivity index (χ4v) is 2.25. The van der Waals surface area contributed by atoms with Crippen molar-refractivity contribution in [3.8, 4) is 0 Å². The van der Waals surface area contributed by atoms with Crippen LogP contribution in [0, 0.1) is 5.41 Å². The summed E-state index contributed by atoms with van der Waals surface area (Å²) < 4.78 is 12.2. The topological polar surface area (TPSA) is 99.4 Å². The zero-order valence-electron chi connectivity index (χ0n) is 11.6. The van der Waals surface area contributed by atoms with Crippen LogP contribution < -0.4 is 0 Å². The van der Waals surface area contributed by atoms with Gasteiger partial charge >= 0.3 is 5.97 Å². The van der Waals surface area contributed by atoms with Gasteiger partial charge in [0.1, 0.15) is 6.61 Å². The first-order valence-corrected chi connectivity index (χ1v) is 6.82. The molecule has 0 unspecified atom stereocenters. The molecular weight excluding hydrogens is 264 g/mol. The van der Waals surface area contributed by atoms with Crippen LogP contribution in [0.5, 0.6) is 0 Å². The second kappa shape index (κ2) is 6.76. The van der Waals surface area contributed by atoms with Gasteiger partial charge < -0.3 is 14.6 Å². The monoisotopic (exact) mass is 284 g/mol. The van der Waals surface area contributed by atoms with E-state index in [0.717, 1.165) is 6.42 Å². The quantitative estimate of drug-likeness (QED) is 0.727. The summed E-state index contributed by atoms with van der Waals surface area (Å²) in [5.41, 5.74) is -0.854. The molecule has 20 heavy (non-hydrogen) atoms. The SMILES string of the molecule is CCCOCc1nnnn1CC1(C(=O)O)CCOCC1. The molecule has 2 heterocycles. The lowest BCUT2D eigenvalue weighted by Gasteiger charge is -2.32. The van der Waals surface area contributed by atoms with Crippen LogP contribution in [0.3, 0.4) is 0 Å². The van der Waals surface area contributed by atoms with Gasteiger partial charge in [0.25, 0.3) is 0 Å². The van der Waals surface area contributed by atoms with E-state index in [0.29, 0.717) is 45.1 Å². The van der Waals surface area contributed by atoms with Crippen LogP contribution in [0.2, 0.25) is 0 Å². The number of aromatic nitrogens is 4. The van der Waals surface area contributed by atoms with E-state index in [1.54, 1.807) is 0 Å². The van der Waals surface area contributed by atoms with E-state index in [1.807, 2.05) is 6.92 Å². The summed E-state index contributed by atoms with van der Waals surface area (Å²) >= 11 is 0. The Morgan fingerprint density at radius 3 is 2.90 bits per heavy atom. The van der Waals surface area contributed by atoms with E-state index in [9.17, 15) is 9.90 Å². The molecule has 1 fully saturated rings. The van der Waals surface area contributed by atoms with Crippen molar-refractivity contribution in [1.29, 1.82) is 0 Å². The van der Waals surface area contributed by atoms with Gasteiger partial charge in [0.05, 0.1) is 12.0 Å². The molecule has 1 saturated heterocycles. The Morgan fingerprint density at radius 1 is 1.50 bits per heavy atom. The average molecular weight is 284 g/mol. The third-order valence-electron chi connectivity index (χ3n) is 3.54. The lowest BCUT2D eigenvalue weighted by molar-refractivity contribution is -0.156. The maximum absolute atomic E-state index is 11.6. The number of nitrogens with zero attached hydrogens (tertiary/aromatic N) is 4. The van der Waals surface area contributed by atoms with Crippen LogP contribution in [-0.2, 0) is 27.4 Å². The van der Waals surface area contributed by atoms with Gasteiger partial charge in [0.2, 0.25) is 0 Å². The minimum Gasteiger partial charge on any atom is -0.481 e. The third kappa shape index (κ3) is 3.31. The zero-order valence-corrected chi connectivity index (χ0v) is 11.6. The lowest BCUT2D eigenvalue weighted by atomic mass is 9.80. The maximum atomic E-state index is 11.6. The molecule has 1 N–H and O–H groups in total. The molecule has 8 heteroatoms. The Labute approximate surface area is 117 Å². The molecule has 8 nitrogen and oxygen atoms in total. The molecule has 0 bridgehead atoms. The lowest BCUT2D eigenvalue weighted by Crippen LogP contribution is -2.41. The number of aliphatic carboxylic acids is 1. The molecule has 0 amide bonds. The number of carboxylic acids is 1. The van der Waals surface area contributed by atoms with Crippen molar-refractivity contribution >= 4 is 5.97 Å². The highest BCUT2D eigenvalue weighted by molar-refractivity contribution is 5.74. The molecule has 1 aromatic heterocycles. The van der Waals surface area contributed by atoms with Crippen LogP contribution in [-0.4, -0.2) is 51.1 Å². The van der Waals surface area contributed by atoms with Crippen molar-refractivity contribution < 1.29 is 19.4 Å². The number of carboxylic acid groups (broad SMARTS) is 1. The number of tetrazole rings is 1. The molecule has 1 aliphatic rings. The number of rotatable bonds is 7. The third-order valence-corrected chi connectivity index (χ3v) is 3.54. The van der Waals surface area contributed by atoms with Crippen molar-refractivity contribution in [3.05, 3.63) is 5.82 Å². The summed E-state index contributed by atoms with van der Waals surface area (Å²) in [5.74, 6) is -0.262. The van der Waals surface area contributed by atoms with E-state index in [2.05, 4.69) is 15.5 Å². The van der Waals surface area contributed by atoms with E-state index in [1.165, 1.54) is 4.68 Å². The molecule has 0 radical (unpaired) electrons. The summed E-state index contributed by atoms with van der Waals surface area (Å²) in [4.78, 5) is 11.6. The summed E-state index contributed by atoms with van der Waals surface area (Å²) in [6.45, 7) is 4.11. The van der Waals surface area contributed by atoms with E-state index < -0.39 is 11.4 Å². The fourth-order valence-electron chi connectivity index (χ4n) is 2.25. The van der Waals surface area contributed by atoms with Crippen LogP contribution >= 0.6 is 0 Å². The molecular formula is C12H20N4O4. The fraction of sp³-hybridized carbons (Fsp3) is 0.833. The number of ether oxygens (including phenoxy) is 2. The molecule has 0 atom stereocenters. The normalized spacial score (nSPS) is 18.1. The predicted molar refractivity (Wildman–Crippen MR) is 67.9 cm³/mol. The first kappa shape index (κ1) is 14.9. The maximum Gasteiger partial charge on any atom is 0.311 e. The first-order chi connectivity index (χ1) is 9.68. The van der Waals surface area contributed by atoms with E-state index in [-0.39, 0.29) is 6.54 Å². The standard InChI is InChI=1S/C12H20N4O4/c1-2-5-20-8-10-13-14-15-16(10)9-12(11(17)18)3-6-19-7-4-12/h2-9H2,1H3,(H,17,18). The van der Waals surface area contributed by atoms with Crippen molar-refractivity contribution in [2.45, 2.75) is 39.3 Å². The Bertz CT molecular complexity index is 442. The van der Waals surface area contributed by atoms with Gasteiger partial charge in [-0.1, -0.05) is 6.92 Å². The van der Waals surface area contributed by atoms with Crippen molar-refractivity contribution in [2.24, 2.45) is 5.41 Å². The summed E-state index contributed by atoms with van der Waals surface area (Å²) in [6.07, 6.45) is 1.85. The minimum absolute atomic E-state index is 0.253. The predicted octanol–water partition coefficient (Wildman–Crippen LogP) is 0.481. The summed E-state index contributed by atoms with van der Waals surface area (Å²) in [6, 6.07) is 0. The Morgan fingerprint density at radius 2 is 2.25 bits per heavy atom. The van der Waals surface area contributed by atoms with Crippen LogP contribution in [0.4, 0.5) is 0 Å². The van der Waals surface area contributed by atoms with Crippen molar-refractivity contribution in [1.82, 2.24) is 20.2 Å². The van der Waals surface area contributed by atoms with Gasteiger partial charge in [-0.25, -0.2) is 4.68 Å². The van der Waals surface area contributed by atoms with Gasteiger partial charge in [-0.3, -0.25) is 4.79 Å². The molecule has 1 aliphatic heterocycles.